The quantitative estimate of drug-likeness (QED) is 0.682. The van der Waals surface area contributed by atoms with Crippen molar-refractivity contribution in [1.29, 1.82) is 0 Å². The smallest absolute Gasteiger partial charge is 0.338 e. The average Bonchev–Trinajstić information content (AvgIpc) is 2.77. The van der Waals surface area contributed by atoms with Gasteiger partial charge in [-0.15, -0.1) is 0 Å². The minimum Gasteiger partial charge on any atom is -0.452 e. The van der Waals surface area contributed by atoms with Crippen molar-refractivity contribution < 1.29 is 22.7 Å². The summed E-state index contributed by atoms with van der Waals surface area (Å²) in [6.07, 6.45) is 8.62. The molecule has 7 nitrogen and oxygen atoms in total. The van der Waals surface area contributed by atoms with Crippen molar-refractivity contribution >= 4 is 21.9 Å². The molecule has 0 aromatic heterocycles. The fourth-order valence-electron chi connectivity index (χ4n) is 3.95. The molecule has 29 heavy (non-hydrogen) atoms. The van der Waals surface area contributed by atoms with Gasteiger partial charge in [0.05, 0.1) is 10.5 Å². The third kappa shape index (κ3) is 6.02. The second-order valence-corrected chi connectivity index (χ2v) is 9.81. The molecule has 2 fully saturated rings. The third-order valence-corrected chi connectivity index (χ3v) is 7.56. The molecule has 1 aliphatic carbocycles. The molecular formula is C21H30N2O5S. The van der Waals surface area contributed by atoms with E-state index < -0.39 is 16.0 Å². The lowest BCUT2D eigenvalue weighted by Gasteiger charge is -2.25. The summed E-state index contributed by atoms with van der Waals surface area (Å²) in [6.45, 7) is 1.24. The Kier molecular flexibility index (Phi) is 7.66. The van der Waals surface area contributed by atoms with Crippen LogP contribution in [0, 0.1) is 5.92 Å². The maximum Gasteiger partial charge on any atom is 0.338 e. The van der Waals surface area contributed by atoms with Crippen LogP contribution in [-0.4, -0.2) is 50.8 Å². The average molecular weight is 423 g/mol. The molecule has 1 N–H and O–H groups in total. The number of carbonyl (C=O) groups excluding carboxylic acids is 2. The lowest BCUT2D eigenvalue weighted by atomic mass is 9.89. The van der Waals surface area contributed by atoms with Crippen LogP contribution in [-0.2, 0) is 19.6 Å². The largest absolute Gasteiger partial charge is 0.452 e. The Labute approximate surface area is 172 Å². The minimum atomic E-state index is -3.62. The molecule has 1 aliphatic heterocycles. The molecule has 0 radical (unpaired) electrons. The number of piperidine rings is 1. The van der Waals surface area contributed by atoms with Crippen LogP contribution in [0.5, 0.6) is 0 Å². The standard InChI is InChI=1S/C21H30N2O5S/c24-20(22-15-17-8-3-1-4-9-17)16-28-21(25)18-10-7-11-19(14-18)29(26,27)23-12-5-2-6-13-23/h7,10-11,14,17H,1-6,8-9,12-13,15-16H2,(H,22,24). The lowest BCUT2D eigenvalue weighted by molar-refractivity contribution is -0.124. The molecule has 0 spiro atoms. The predicted molar refractivity (Wildman–Crippen MR) is 109 cm³/mol. The van der Waals surface area contributed by atoms with E-state index in [2.05, 4.69) is 5.32 Å². The van der Waals surface area contributed by atoms with Crippen molar-refractivity contribution in [2.45, 2.75) is 56.3 Å². The molecule has 1 saturated heterocycles. The first-order chi connectivity index (χ1) is 14.0. The number of esters is 1. The van der Waals surface area contributed by atoms with Gasteiger partial charge in [0.1, 0.15) is 0 Å². The van der Waals surface area contributed by atoms with Crippen LogP contribution in [0.3, 0.4) is 0 Å². The number of rotatable bonds is 7. The molecule has 8 heteroatoms. The Morgan fingerprint density at radius 2 is 1.72 bits per heavy atom. The fourth-order valence-corrected chi connectivity index (χ4v) is 5.52. The summed E-state index contributed by atoms with van der Waals surface area (Å²) in [4.78, 5) is 24.3. The first-order valence-corrected chi connectivity index (χ1v) is 11.9. The number of carbonyl (C=O) groups is 2. The van der Waals surface area contributed by atoms with Gasteiger partial charge in [-0.1, -0.05) is 31.7 Å². The number of benzene rings is 1. The number of ether oxygens (including phenoxy) is 1. The van der Waals surface area contributed by atoms with Crippen LogP contribution in [0.4, 0.5) is 0 Å². The first-order valence-electron chi connectivity index (χ1n) is 10.5. The summed E-state index contributed by atoms with van der Waals surface area (Å²) in [5.74, 6) is -0.533. The van der Waals surface area contributed by atoms with Crippen molar-refractivity contribution in [3.63, 3.8) is 0 Å². The van der Waals surface area contributed by atoms with E-state index in [-0.39, 0.29) is 23.0 Å². The van der Waals surface area contributed by atoms with Gasteiger partial charge in [0, 0.05) is 19.6 Å². The molecule has 0 atom stereocenters. The van der Waals surface area contributed by atoms with Crippen LogP contribution in [0.2, 0.25) is 0 Å². The molecular weight excluding hydrogens is 392 g/mol. The van der Waals surface area contributed by atoms with Crippen LogP contribution in [0.25, 0.3) is 0 Å². The zero-order chi connectivity index (χ0) is 20.7. The summed E-state index contributed by atoms with van der Waals surface area (Å²) in [7, 11) is -3.62. The van der Waals surface area contributed by atoms with Crippen molar-refractivity contribution in [2.75, 3.05) is 26.2 Å². The van der Waals surface area contributed by atoms with Crippen molar-refractivity contribution in [2.24, 2.45) is 5.92 Å². The van der Waals surface area contributed by atoms with E-state index in [0.717, 1.165) is 32.1 Å². The maximum absolute atomic E-state index is 12.8. The van der Waals surface area contributed by atoms with Gasteiger partial charge in [0.2, 0.25) is 10.0 Å². The van der Waals surface area contributed by atoms with E-state index in [9.17, 15) is 18.0 Å². The molecule has 1 heterocycles. The lowest BCUT2D eigenvalue weighted by Crippen LogP contribution is -2.35. The minimum absolute atomic E-state index is 0.0793. The van der Waals surface area contributed by atoms with E-state index in [1.807, 2.05) is 0 Å². The second-order valence-electron chi connectivity index (χ2n) is 7.88. The van der Waals surface area contributed by atoms with Crippen molar-refractivity contribution in [1.82, 2.24) is 9.62 Å². The molecule has 3 rings (SSSR count). The second kappa shape index (κ2) is 10.2. The topological polar surface area (TPSA) is 92.8 Å². The van der Waals surface area contributed by atoms with Crippen molar-refractivity contribution in [3.8, 4) is 0 Å². The van der Waals surface area contributed by atoms with Crippen LogP contribution >= 0.6 is 0 Å². The SMILES string of the molecule is O=C(COC(=O)c1cccc(S(=O)(=O)N2CCCCC2)c1)NCC1CCCCC1. The number of nitrogens with one attached hydrogen (secondary N) is 1. The molecule has 0 bridgehead atoms. The zero-order valence-corrected chi connectivity index (χ0v) is 17.6. The van der Waals surface area contributed by atoms with Gasteiger partial charge in [-0.3, -0.25) is 4.79 Å². The van der Waals surface area contributed by atoms with Gasteiger partial charge < -0.3 is 10.1 Å². The molecule has 160 valence electrons. The summed E-state index contributed by atoms with van der Waals surface area (Å²) in [5, 5.41) is 2.82. The number of sulfonamides is 1. The van der Waals surface area contributed by atoms with Crippen molar-refractivity contribution in [3.05, 3.63) is 29.8 Å². The van der Waals surface area contributed by atoms with E-state index in [1.54, 1.807) is 0 Å². The number of nitrogens with zero attached hydrogens (tertiary/aromatic N) is 1. The highest BCUT2D eigenvalue weighted by Crippen LogP contribution is 2.23. The van der Waals surface area contributed by atoms with Gasteiger partial charge >= 0.3 is 5.97 Å². The summed E-state index contributed by atoms with van der Waals surface area (Å²) >= 11 is 0. The maximum atomic E-state index is 12.8. The molecule has 1 saturated carbocycles. The van der Waals surface area contributed by atoms with Crippen LogP contribution in [0.1, 0.15) is 61.7 Å². The van der Waals surface area contributed by atoms with Gasteiger partial charge in [0.15, 0.2) is 6.61 Å². The first kappa shape index (κ1) is 21.8. The molecule has 1 amide bonds. The Hall–Kier alpha value is -1.93. The number of amides is 1. The molecule has 2 aliphatic rings. The molecule has 1 aromatic carbocycles. The van der Waals surface area contributed by atoms with Gasteiger partial charge in [-0.05, 0) is 49.8 Å². The highest BCUT2D eigenvalue weighted by atomic mass is 32.2. The van der Waals surface area contributed by atoms with Gasteiger partial charge in [-0.25, -0.2) is 13.2 Å². The van der Waals surface area contributed by atoms with E-state index in [1.165, 1.54) is 47.8 Å². The fraction of sp³-hybridized carbons (Fsp3) is 0.619. The van der Waals surface area contributed by atoms with Crippen LogP contribution in [0.15, 0.2) is 29.2 Å². The molecule has 1 aromatic rings. The van der Waals surface area contributed by atoms with Gasteiger partial charge in [-0.2, -0.15) is 4.31 Å². The third-order valence-electron chi connectivity index (χ3n) is 5.67. The highest BCUT2D eigenvalue weighted by molar-refractivity contribution is 7.89. The highest BCUT2D eigenvalue weighted by Gasteiger charge is 2.26. The van der Waals surface area contributed by atoms with E-state index >= 15 is 0 Å². The Morgan fingerprint density at radius 1 is 1.03 bits per heavy atom. The Morgan fingerprint density at radius 3 is 2.45 bits per heavy atom. The predicted octanol–water partition coefficient (Wildman–Crippen LogP) is 2.71. The number of hydrogen-bond donors (Lipinski definition) is 1. The summed E-state index contributed by atoms with van der Waals surface area (Å²) < 4.78 is 32.1. The monoisotopic (exact) mass is 422 g/mol. The zero-order valence-electron chi connectivity index (χ0n) is 16.8. The van der Waals surface area contributed by atoms with E-state index in [0.29, 0.717) is 25.6 Å². The number of hydrogen-bond acceptors (Lipinski definition) is 5. The Balaban J connectivity index is 1.53. The van der Waals surface area contributed by atoms with Crippen LogP contribution < -0.4 is 5.32 Å². The van der Waals surface area contributed by atoms with Gasteiger partial charge in [0.25, 0.3) is 5.91 Å². The normalized spacial score (nSPS) is 18.9. The molecule has 0 unspecified atom stereocenters. The summed E-state index contributed by atoms with van der Waals surface area (Å²) in [6, 6.07) is 5.83. The van der Waals surface area contributed by atoms with E-state index in [4.69, 9.17) is 4.74 Å². The Bertz CT molecular complexity index is 812. The summed E-state index contributed by atoms with van der Waals surface area (Å²) in [5.41, 5.74) is 0.128.